The van der Waals surface area contributed by atoms with Crippen molar-refractivity contribution in [2.24, 2.45) is 5.92 Å². The molecule has 0 radical (unpaired) electrons. The van der Waals surface area contributed by atoms with E-state index in [9.17, 15) is 35.7 Å². The number of nitrogens with one attached hydrogen (secondary N) is 2. The third kappa shape index (κ3) is 6.26. The molecule has 0 spiro atoms. The van der Waals surface area contributed by atoms with Crippen LogP contribution in [-0.2, 0) is 4.74 Å². The predicted molar refractivity (Wildman–Crippen MR) is 98.4 cm³/mol. The summed E-state index contributed by atoms with van der Waals surface area (Å²) < 4.78 is 5.35. The van der Waals surface area contributed by atoms with Gasteiger partial charge in [0.2, 0.25) is 0 Å². The number of ether oxygens (including phenoxy) is 1. The molecule has 0 aromatic heterocycles. The van der Waals surface area contributed by atoms with Gasteiger partial charge in [0.15, 0.2) is 0 Å². The zero-order chi connectivity index (χ0) is 21.6. The lowest BCUT2D eigenvalue weighted by molar-refractivity contribution is -0.651. The predicted octanol–water partition coefficient (Wildman–Crippen LogP) is -7.01. The van der Waals surface area contributed by atoms with E-state index in [0.717, 1.165) is 0 Å². The second-order valence-corrected chi connectivity index (χ2v) is 7.78. The van der Waals surface area contributed by atoms with Gasteiger partial charge in [0.25, 0.3) is 0 Å². The molecule has 0 aromatic carbocycles. The van der Waals surface area contributed by atoms with E-state index in [1.807, 2.05) is 5.32 Å². The van der Waals surface area contributed by atoms with Crippen molar-refractivity contribution in [2.45, 2.75) is 61.4 Å². The van der Waals surface area contributed by atoms with Crippen LogP contribution in [0.15, 0.2) is 0 Å². The molecule has 12 heteroatoms. The molecule has 2 fully saturated rings. The van der Waals surface area contributed by atoms with Crippen molar-refractivity contribution >= 4 is 0 Å². The van der Waals surface area contributed by atoms with Gasteiger partial charge >= 0.3 is 0 Å². The minimum atomic E-state index is -1.41. The molecule has 1 aliphatic heterocycles. The molecule has 12 N–H and O–H groups in total. The molecule has 1 heterocycles. The Kier molecular flexibility index (Phi) is 10.1. The standard InChI is InChI=1S/C17H35N3O9/c21-6-8-5-9(12(24)14(26)11(8)23)19-3-1-18-2-4-20-17-16(28)15(27)13(25)10(7-22)29-17/h8-28H,1-7H2/p+1. The lowest BCUT2D eigenvalue weighted by Gasteiger charge is -2.40. The molecule has 0 bridgehead atoms. The molecule has 172 valence electrons. The maximum atomic E-state index is 10.0. The van der Waals surface area contributed by atoms with Gasteiger partial charge in [-0.05, 0) is 6.42 Å². The van der Waals surface area contributed by atoms with E-state index in [1.54, 1.807) is 0 Å². The maximum Gasteiger partial charge on any atom is 0.137 e. The van der Waals surface area contributed by atoms with Crippen LogP contribution in [0.2, 0.25) is 0 Å². The quantitative estimate of drug-likeness (QED) is 0.148. The van der Waals surface area contributed by atoms with Crippen molar-refractivity contribution < 1.29 is 50.9 Å². The Hall–Kier alpha value is -0.480. The first-order valence-electron chi connectivity index (χ1n) is 10.1. The highest BCUT2D eigenvalue weighted by Crippen LogP contribution is 2.25. The van der Waals surface area contributed by atoms with Gasteiger partial charge in [-0.15, -0.1) is 0 Å². The summed E-state index contributed by atoms with van der Waals surface area (Å²) in [5.41, 5.74) is 0. The van der Waals surface area contributed by atoms with E-state index < -0.39 is 67.5 Å². The highest BCUT2D eigenvalue weighted by Gasteiger charge is 2.43. The first-order chi connectivity index (χ1) is 13.8. The van der Waals surface area contributed by atoms with Crippen molar-refractivity contribution in [3.05, 3.63) is 0 Å². The van der Waals surface area contributed by atoms with E-state index in [1.165, 1.54) is 0 Å². The topological polar surface area (TPSA) is 212 Å². The summed E-state index contributed by atoms with van der Waals surface area (Å²) in [5, 5.41) is 85.6. The normalized spacial score (nSPS) is 43.4. The molecule has 1 saturated heterocycles. The molecular weight excluding hydrogens is 390 g/mol. The van der Waals surface area contributed by atoms with E-state index in [0.29, 0.717) is 32.6 Å². The molecular formula is C17H36N3O9+. The number of aliphatic hydroxyl groups is 8. The van der Waals surface area contributed by atoms with Crippen LogP contribution in [-0.4, -0.2) is 135 Å². The number of quaternary nitrogens is 1. The minimum Gasteiger partial charge on any atom is -0.396 e. The van der Waals surface area contributed by atoms with Gasteiger partial charge in [-0.1, -0.05) is 0 Å². The van der Waals surface area contributed by atoms with E-state index in [-0.39, 0.29) is 6.61 Å². The van der Waals surface area contributed by atoms with Crippen molar-refractivity contribution in [1.82, 2.24) is 10.6 Å². The molecule has 1 aliphatic carbocycles. The fraction of sp³-hybridized carbons (Fsp3) is 1.00. The van der Waals surface area contributed by atoms with E-state index >= 15 is 0 Å². The Morgan fingerprint density at radius 2 is 1.34 bits per heavy atom. The average molecular weight is 426 g/mol. The number of hydrogen-bond acceptors (Lipinski definition) is 11. The van der Waals surface area contributed by atoms with E-state index in [2.05, 4.69) is 10.6 Å². The smallest absolute Gasteiger partial charge is 0.137 e. The molecule has 12 nitrogen and oxygen atoms in total. The average Bonchev–Trinajstić information content (AvgIpc) is 2.72. The van der Waals surface area contributed by atoms with Crippen LogP contribution in [0.3, 0.4) is 0 Å². The summed E-state index contributed by atoms with van der Waals surface area (Å²) in [4.78, 5) is 0. The van der Waals surface area contributed by atoms with Gasteiger partial charge < -0.3 is 56.2 Å². The van der Waals surface area contributed by atoms with Gasteiger partial charge in [0.1, 0.15) is 36.7 Å². The van der Waals surface area contributed by atoms with Crippen LogP contribution in [0.4, 0.5) is 0 Å². The van der Waals surface area contributed by atoms with Crippen molar-refractivity contribution in [3.63, 3.8) is 0 Å². The molecule has 10 unspecified atom stereocenters. The summed E-state index contributed by atoms with van der Waals surface area (Å²) in [6.45, 7) is 1.50. The van der Waals surface area contributed by atoms with Gasteiger partial charge in [0, 0.05) is 31.7 Å². The van der Waals surface area contributed by atoms with Gasteiger partial charge in [-0.2, -0.15) is 0 Å². The zero-order valence-electron chi connectivity index (χ0n) is 16.3. The van der Waals surface area contributed by atoms with Gasteiger partial charge in [0.05, 0.1) is 31.9 Å². The van der Waals surface area contributed by atoms with Crippen LogP contribution >= 0.6 is 0 Å². The largest absolute Gasteiger partial charge is 0.396 e. The van der Waals surface area contributed by atoms with Gasteiger partial charge in [-0.3, -0.25) is 5.32 Å². The maximum absolute atomic E-state index is 10.0. The van der Waals surface area contributed by atoms with Crippen LogP contribution in [0.25, 0.3) is 0 Å². The lowest BCUT2D eigenvalue weighted by atomic mass is 9.80. The summed E-state index contributed by atoms with van der Waals surface area (Å²) in [7, 11) is 0. The van der Waals surface area contributed by atoms with Crippen LogP contribution in [0, 0.1) is 5.92 Å². The fourth-order valence-electron chi connectivity index (χ4n) is 3.82. The first-order valence-corrected chi connectivity index (χ1v) is 10.1. The molecule has 0 aromatic rings. The molecule has 29 heavy (non-hydrogen) atoms. The summed E-state index contributed by atoms with van der Waals surface area (Å²) >= 11 is 0. The molecule has 1 saturated carbocycles. The van der Waals surface area contributed by atoms with Crippen LogP contribution in [0.1, 0.15) is 6.42 Å². The third-order valence-corrected chi connectivity index (χ3v) is 5.73. The van der Waals surface area contributed by atoms with Crippen molar-refractivity contribution in [3.8, 4) is 0 Å². The summed E-state index contributed by atoms with van der Waals surface area (Å²) in [6.07, 6.45) is -9.16. The first kappa shape index (κ1) is 24.8. The van der Waals surface area contributed by atoms with Crippen LogP contribution in [0.5, 0.6) is 0 Å². The number of hydrogen-bond donors (Lipinski definition) is 11. The number of rotatable bonds is 10. The lowest BCUT2D eigenvalue weighted by Crippen LogP contribution is -2.87. The van der Waals surface area contributed by atoms with Crippen molar-refractivity contribution in [1.29, 1.82) is 0 Å². The fourth-order valence-corrected chi connectivity index (χ4v) is 3.82. The van der Waals surface area contributed by atoms with E-state index in [4.69, 9.17) is 9.84 Å². The highest BCUT2D eigenvalue weighted by molar-refractivity contribution is 4.95. The summed E-state index contributed by atoms with van der Waals surface area (Å²) in [6, 6.07) is -0.425. The highest BCUT2D eigenvalue weighted by atomic mass is 16.6. The molecule has 2 aliphatic rings. The molecule has 10 atom stereocenters. The van der Waals surface area contributed by atoms with Gasteiger partial charge in [-0.25, -0.2) is 0 Å². The third-order valence-electron chi connectivity index (χ3n) is 5.73. The zero-order valence-corrected chi connectivity index (χ0v) is 16.3. The number of aliphatic hydroxyl groups excluding tert-OH is 8. The Morgan fingerprint density at radius 3 is 1.97 bits per heavy atom. The molecule has 0 amide bonds. The van der Waals surface area contributed by atoms with Crippen molar-refractivity contribution in [2.75, 3.05) is 39.4 Å². The summed E-state index contributed by atoms with van der Waals surface area (Å²) in [5.74, 6) is -0.488. The Labute approximate surface area is 169 Å². The minimum absolute atomic E-state index is 0.265. The SMILES string of the molecule is OCC1CC(NCC[NH2+]CCNC2OC(CO)C(O)C(O)C2O)C(O)C(O)C1O. The number of nitrogens with two attached hydrogens (primary N) is 1. The monoisotopic (exact) mass is 426 g/mol. The second kappa shape index (κ2) is 11.8. The Morgan fingerprint density at radius 1 is 0.724 bits per heavy atom. The Balaban J connectivity index is 1.61. The second-order valence-electron chi connectivity index (χ2n) is 7.78. The Bertz CT molecular complexity index is 433. The van der Waals surface area contributed by atoms with Crippen LogP contribution < -0.4 is 16.0 Å². The molecule has 2 rings (SSSR count).